The summed E-state index contributed by atoms with van der Waals surface area (Å²) in [6, 6.07) is 19.1. The molecule has 3 aromatic rings. The molecule has 0 saturated heterocycles. The Morgan fingerprint density at radius 2 is 1.66 bits per heavy atom. The topological polar surface area (TPSA) is 77.0 Å². The summed E-state index contributed by atoms with van der Waals surface area (Å²) in [5.74, 6) is 3.59. The van der Waals surface area contributed by atoms with Crippen LogP contribution in [0, 0.1) is 0 Å². The van der Waals surface area contributed by atoms with E-state index in [1.165, 1.54) is 0 Å². The summed E-state index contributed by atoms with van der Waals surface area (Å²) in [6.07, 6.45) is 1.77. The third-order valence-corrected chi connectivity index (χ3v) is 4.48. The molecule has 0 atom stereocenters. The van der Waals surface area contributed by atoms with Crippen LogP contribution in [-0.2, 0) is 13.1 Å². The molecule has 0 radical (unpaired) electrons. The van der Waals surface area contributed by atoms with Gasteiger partial charge in [0.2, 0.25) is 5.88 Å². The molecule has 0 bridgehead atoms. The summed E-state index contributed by atoms with van der Waals surface area (Å²) in [7, 11) is 3.31. The van der Waals surface area contributed by atoms with Crippen LogP contribution in [0.2, 0.25) is 0 Å². The molecule has 2 N–H and O–H groups in total. The normalized spacial score (nSPS) is 10.7. The van der Waals surface area contributed by atoms with E-state index in [0.717, 1.165) is 35.1 Å². The van der Waals surface area contributed by atoms with Crippen LogP contribution in [0.1, 0.15) is 18.1 Å². The van der Waals surface area contributed by atoms with Gasteiger partial charge in [0.15, 0.2) is 5.96 Å². The smallest absolute Gasteiger partial charge is 0.219 e. The third kappa shape index (κ3) is 7.60. The van der Waals surface area contributed by atoms with Crippen LogP contribution in [0.3, 0.4) is 0 Å². The second kappa shape index (κ2) is 13.4. The summed E-state index contributed by atoms with van der Waals surface area (Å²) >= 11 is 0. The molecular weight excluding hydrogens is 519 g/mol. The fourth-order valence-electron chi connectivity index (χ4n) is 2.87. The van der Waals surface area contributed by atoms with Gasteiger partial charge in [0.1, 0.15) is 17.2 Å². The molecule has 0 aliphatic carbocycles. The van der Waals surface area contributed by atoms with Gasteiger partial charge in [-0.05, 0) is 42.8 Å². The van der Waals surface area contributed by atoms with Crippen LogP contribution in [0.5, 0.6) is 23.1 Å². The highest BCUT2D eigenvalue weighted by molar-refractivity contribution is 14.0. The van der Waals surface area contributed by atoms with Crippen molar-refractivity contribution < 1.29 is 14.2 Å². The number of para-hydroxylation sites is 1. The number of nitrogens with one attached hydrogen (secondary N) is 2. The van der Waals surface area contributed by atoms with Crippen LogP contribution in [0.25, 0.3) is 0 Å². The van der Waals surface area contributed by atoms with Crippen molar-refractivity contribution in [1.82, 2.24) is 15.6 Å². The lowest BCUT2D eigenvalue weighted by molar-refractivity contribution is 0.409. The van der Waals surface area contributed by atoms with Crippen molar-refractivity contribution in [3.63, 3.8) is 0 Å². The molecule has 0 aliphatic heterocycles. The molecule has 0 unspecified atom stereocenters. The van der Waals surface area contributed by atoms with E-state index in [1.807, 2.05) is 67.6 Å². The number of guanidine groups is 1. The van der Waals surface area contributed by atoms with Crippen molar-refractivity contribution in [2.75, 3.05) is 20.8 Å². The lowest BCUT2D eigenvalue weighted by atomic mass is 10.2. The van der Waals surface area contributed by atoms with Crippen molar-refractivity contribution in [1.29, 1.82) is 0 Å². The molecule has 0 spiro atoms. The van der Waals surface area contributed by atoms with Crippen molar-refractivity contribution in [2.45, 2.75) is 20.0 Å². The SMILES string of the molecule is CCNC(=NCc1ccc(Oc2ccc(OC)cc2)nc1)NCc1ccccc1OC.I. The molecule has 0 amide bonds. The van der Waals surface area contributed by atoms with Gasteiger partial charge in [0.05, 0.1) is 20.8 Å². The summed E-state index contributed by atoms with van der Waals surface area (Å²) < 4.78 is 16.3. The Kier molecular flexibility index (Phi) is 10.6. The minimum Gasteiger partial charge on any atom is -0.497 e. The van der Waals surface area contributed by atoms with Crippen molar-refractivity contribution in [2.24, 2.45) is 4.99 Å². The Hall–Kier alpha value is -3.01. The van der Waals surface area contributed by atoms with Crippen LogP contribution < -0.4 is 24.8 Å². The zero-order chi connectivity index (χ0) is 21.9. The lowest BCUT2D eigenvalue weighted by Crippen LogP contribution is -2.36. The predicted molar refractivity (Wildman–Crippen MR) is 137 cm³/mol. The fraction of sp³-hybridized carbons (Fsp3) is 0.250. The number of methoxy groups -OCH3 is 2. The van der Waals surface area contributed by atoms with Gasteiger partial charge in [-0.15, -0.1) is 24.0 Å². The number of hydrogen-bond acceptors (Lipinski definition) is 5. The summed E-state index contributed by atoms with van der Waals surface area (Å²) in [4.78, 5) is 9.02. The molecule has 8 heteroatoms. The molecule has 0 saturated carbocycles. The first-order valence-corrected chi connectivity index (χ1v) is 10.1. The van der Waals surface area contributed by atoms with E-state index in [4.69, 9.17) is 14.2 Å². The van der Waals surface area contributed by atoms with Gasteiger partial charge in [0.25, 0.3) is 0 Å². The Balaban J connectivity index is 0.00000363. The number of aliphatic imine (C=N–C) groups is 1. The third-order valence-electron chi connectivity index (χ3n) is 4.48. The molecule has 1 aromatic heterocycles. The average Bonchev–Trinajstić information content (AvgIpc) is 2.82. The molecule has 32 heavy (non-hydrogen) atoms. The minimum absolute atomic E-state index is 0. The van der Waals surface area contributed by atoms with Gasteiger partial charge in [0, 0.05) is 30.9 Å². The number of benzene rings is 2. The molecule has 1 heterocycles. The first kappa shape index (κ1) is 25.3. The van der Waals surface area contributed by atoms with Gasteiger partial charge in [-0.2, -0.15) is 0 Å². The Morgan fingerprint density at radius 1 is 0.906 bits per heavy atom. The summed E-state index contributed by atoms with van der Waals surface area (Å²) in [5, 5.41) is 6.60. The quantitative estimate of drug-likeness (QED) is 0.228. The molecule has 170 valence electrons. The highest BCUT2D eigenvalue weighted by Crippen LogP contribution is 2.22. The summed E-state index contributed by atoms with van der Waals surface area (Å²) in [5.41, 5.74) is 2.05. The molecular formula is C24H29IN4O3. The Morgan fingerprint density at radius 3 is 2.31 bits per heavy atom. The number of ether oxygens (including phenoxy) is 3. The van der Waals surface area contributed by atoms with Crippen molar-refractivity contribution in [3.05, 3.63) is 78.0 Å². The number of pyridine rings is 1. The number of aromatic nitrogens is 1. The molecule has 7 nitrogen and oxygen atoms in total. The maximum absolute atomic E-state index is 5.77. The largest absolute Gasteiger partial charge is 0.497 e. The fourth-order valence-corrected chi connectivity index (χ4v) is 2.87. The molecule has 2 aromatic carbocycles. The highest BCUT2D eigenvalue weighted by atomic mass is 127. The first-order valence-electron chi connectivity index (χ1n) is 10.1. The number of halogens is 1. The van der Waals surface area contributed by atoms with Crippen molar-refractivity contribution in [3.8, 4) is 23.1 Å². The van der Waals surface area contributed by atoms with E-state index in [-0.39, 0.29) is 24.0 Å². The average molecular weight is 548 g/mol. The molecule has 0 aliphatic rings. The number of nitrogens with zero attached hydrogens (tertiary/aromatic N) is 2. The standard InChI is InChI=1S/C24H28N4O3.HI/c1-4-25-24(28-17-19-7-5-6-8-22(19)30-3)27-16-18-9-14-23(26-15-18)31-21-12-10-20(29-2)11-13-21;/h5-15H,4,16-17H2,1-3H3,(H2,25,27,28);1H. The Labute approximate surface area is 206 Å². The molecule has 3 rings (SSSR count). The van der Waals surface area contributed by atoms with Gasteiger partial charge >= 0.3 is 0 Å². The van der Waals surface area contributed by atoms with E-state index in [2.05, 4.69) is 20.6 Å². The van der Waals surface area contributed by atoms with E-state index < -0.39 is 0 Å². The summed E-state index contributed by atoms with van der Waals surface area (Å²) in [6.45, 7) is 3.91. The zero-order valence-electron chi connectivity index (χ0n) is 18.5. The van der Waals surface area contributed by atoms with E-state index >= 15 is 0 Å². The molecule has 0 fully saturated rings. The number of hydrogen-bond donors (Lipinski definition) is 2. The first-order chi connectivity index (χ1) is 15.2. The maximum Gasteiger partial charge on any atom is 0.219 e. The van der Waals surface area contributed by atoms with E-state index in [1.54, 1.807) is 20.4 Å². The van der Waals surface area contributed by atoms with Gasteiger partial charge in [-0.3, -0.25) is 0 Å². The van der Waals surface area contributed by atoms with Crippen LogP contribution in [-0.4, -0.2) is 31.7 Å². The second-order valence-electron chi connectivity index (χ2n) is 6.64. The van der Waals surface area contributed by atoms with Gasteiger partial charge in [-0.25, -0.2) is 9.98 Å². The lowest BCUT2D eigenvalue weighted by Gasteiger charge is -2.13. The maximum atomic E-state index is 5.77. The van der Waals surface area contributed by atoms with E-state index in [0.29, 0.717) is 24.7 Å². The second-order valence-corrected chi connectivity index (χ2v) is 6.64. The predicted octanol–water partition coefficient (Wildman–Crippen LogP) is 4.76. The van der Waals surface area contributed by atoms with Gasteiger partial charge < -0.3 is 24.8 Å². The zero-order valence-corrected chi connectivity index (χ0v) is 20.8. The minimum atomic E-state index is 0. The highest BCUT2D eigenvalue weighted by Gasteiger charge is 2.04. The van der Waals surface area contributed by atoms with Crippen LogP contribution >= 0.6 is 24.0 Å². The van der Waals surface area contributed by atoms with E-state index in [9.17, 15) is 0 Å². The van der Waals surface area contributed by atoms with Crippen LogP contribution in [0.15, 0.2) is 71.9 Å². The number of rotatable bonds is 9. The van der Waals surface area contributed by atoms with Crippen LogP contribution in [0.4, 0.5) is 0 Å². The van der Waals surface area contributed by atoms with Crippen molar-refractivity contribution >= 4 is 29.9 Å². The monoisotopic (exact) mass is 548 g/mol. The van der Waals surface area contributed by atoms with Gasteiger partial charge in [-0.1, -0.05) is 24.3 Å². The Bertz CT molecular complexity index is 979.